The topological polar surface area (TPSA) is 71.1 Å². The average Bonchev–Trinajstić information content (AvgIpc) is 2.87. The second-order valence-corrected chi connectivity index (χ2v) is 8.14. The van der Waals surface area contributed by atoms with Crippen molar-refractivity contribution in [1.29, 1.82) is 0 Å². The van der Waals surface area contributed by atoms with Gasteiger partial charge in [-0.2, -0.15) is 0 Å². The molecule has 0 saturated carbocycles. The van der Waals surface area contributed by atoms with Crippen molar-refractivity contribution in [3.63, 3.8) is 0 Å². The highest BCUT2D eigenvalue weighted by Crippen LogP contribution is 2.43. The van der Waals surface area contributed by atoms with Gasteiger partial charge in [0.2, 0.25) is 0 Å². The van der Waals surface area contributed by atoms with E-state index in [0.717, 1.165) is 58.4 Å². The minimum absolute atomic E-state index is 0.180. The number of ether oxygens (including phenoxy) is 4. The molecule has 6 nitrogen and oxygen atoms in total. The molecule has 182 valence electrons. The molecule has 0 heterocycles. The van der Waals surface area contributed by atoms with Crippen LogP contribution in [0.4, 0.5) is 0 Å². The van der Waals surface area contributed by atoms with Crippen LogP contribution in [0.3, 0.4) is 0 Å². The van der Waals surface area contributed by atoms with Gasteiger partial charge in [-0.05, 0) is 48.9 Å². The Hall–Kier alpha value is -3.28. The average molecular weight is 467 g/mol. The Balaban J connectivity index is 2.13. The molecular weight excluding hydrogens is 432 g/mol. The summed E-state index contributed by atoms with van der Waals surface area (Å²) in [6.07, 6.45) is 3.20. The third-order valence-corrected chi connectivity index (χ3v) is 5.57. The van der Waals surface area contributed by atoms with Gasteiger partial charge < -0.3 is 18.9 Å². The molecule has 3 aromatic rings. The molecule has 0 saturated heterocycles. The number of carbonyl (C=O) groups is 2. The third kappa shape index (κ3) is 5.99. The molecule has 0 unspecified atom stereocenters. The van der Waals surface area contributed by atoms with Crippen molar-refractivity contribution in [2.24, 2.45) is 0 Å². The molecule has 0 amide bonds. The number of hydrogen-bond acceptors (Lipinski definition) is 6. The van der Waals surface area contributed by atoms with Crippen LogP contribution in [0, 0.1) is 0 Å². The molecule has 0 spiro atoms. The summed E-state index contributed by atoms with van der Waals surface area (Å²) in [7, 11) is 0. The molecule has 34 heavy (non-hydrogen) atoms. The molecule has 3 aromatic carbocycles. The fraction of sp³-hybridized carbons (Fsp3) is 0.429. The van der Waals surface area contributed by atoms with E-state index in [2.05, 4.69) is 26.0 Å². The van der Waals surface area contributed by atoms with E-state index in [0.29, 0.717) is 24.7 Å². The number of aryl methyl sites for hydroxylation is 2. The van der Waals surface area contributed by atoms with E-state index in [4.69, 9.17) is 18.9 Å². The van der Waals surface area contributed by atoms with Crippen molar-refractivity contribution in [1.82, 2.24) is 0 Å². The van der Waals surface area contributed by atoms with Crippen LogP contribution in [0.1, 0.15) is 51.7 Å². The minimum atomic E-state index is -0.405. The molecule has 0 N–H and O–H groups in total. The lowest BCUT2D eigenvalue weighted by Gasteiger charge is -2.19. The van der Waals surface area contributed by atoms with E-state index in [1.807, 2.05) is 38.1 Å². The summed E-state index contributed by atoms with van der Waals surface area (Å²) in [6, 6.07) is 12.2. The highest BCUT2D eigenvalue weighted by atomic mass is 16.6. The Labute approximate surface area is 201 Å². The predicted octanol–water partition coefficient (Wildman–Crippen LogP) is 5.78. The highest BCUT2D eigenvalue weighted by Gasteiger charge is 2.19. The SMILES string of the molecule is CCCOC(=O)COc1c2ccc(CC)cc2c(OCC(=O)OCCC)c2cc(CC)ccc12. The molecule has 0 aliphatic carbocycles. The summed E-state index contributed by atoms with van der Waals surface area (Å²) >= 11 is 0. The van der Waals surface area contributed by atoms with Crippen LogP contribution in [0.2, 0.25) is 0 Å². The predicted molar refractivity (Wildman–Crippen MR) is 134 cm³/mol. The monoisotopic (exact) mass is 466 g/mol. The lowest BCUT2D eigenvalue weighted by Crippen LogP contribution is -2.16. The van der Waals surface area contributed by atoms with Gasteiger partial charge in [0.15, 0.2) is 13.2 Å². The van der Waals surface area contributed by atoms with Crippen molar-refractivity contribution >= 4 is 33.5 Å². The molecule has 3 rings (SSSR count). The molecule has 0 atom stereocenters. The molecule has 0 aliphatic heterocycles. The third-order valence-electron chi connectivity index (χ3n) is 5.57. The molecule has 0 aromatic heterocycles. The Morgan fingerprint density at radius 2 is 1.03 bits per heavy atom. The Morgan fingerprint density at radius 1 is 0.618 bits per heavy atom. The minimum Gasteiger partial charge on any atom is -0.481 e. The maximum absolute atomic E-state index is 12.2. The number of fused-ring (bicyclic) bond motifs is 2. The number of rotatable bonds is 12. The summed E-state index contributed by atoms with van der Waals surface area (Å²) < 4.78 is 22.6. The van der Waals surface area contributed by atoms with Crippen LogP contribution < -0.4 is 9.47 Å². The van der Waals surface area contributed by atoms with Gasteiger partial charge in [-0.15, -0.1) is 0 Å². The standard InChI is InChI=1S/C28H34O6/c1-5-13-31-25(29)17-33-27-21-11-9-19(7-3)15-23(21)28(34-18-26(30)32-14-6-2)24-16-20(8-4)10-12-22(24)27/h9-12,15-16H,5-8,13-14,17-18H2,1-4H3. The van der Waals surface area contributed by atoms with Crippen LogP contribution in [0.25, 0.3) is 21.5 Å². The van der Waals surface area contributed by atoms with E-state index in [1.54, 1.807) is 0 Å². The molecule has 0 aliphatic rings. The highest BCUT2D eigenvalue weighted by molar-refractivity contribution is 6.11. The van der Waals surface area contributed by atoms with Gasteiger partial charge in [0.05, 0.1) is 13.2 Å². The largest absolute Gasteiger partial charge is 0.481 e. The summed E-state index contributed by atoms with van der Waals surface area (Å²) in [4.78, 5) is 24.4. The summed E-state index contributed by atoms with van der Waals surface area (Å²) in [6.45, 7) is 8.43. The fourth-order valence-corrected chi connectivity index (χ4v) is 3.77. The second-order valence-electron chi connectivity index (χ2n) is 8.14. The molecule has 0 fully saturated rings. The first-order valence-electron chi connectivity index (χ1n) is 12.1. The first-order valence-corrected chi connectivity index (χ1v) is 12.1. The van der Waals surface area contributed by atoms with Crippen molar-refractivity contribution in [2.45, 2.75) is 53.4 Å². The lowest BCUT2D eigenvalue weighted by atomic mass is 9.96. The summed E-state index contributed by atoms with van der Waals surface area (Å²) in [5.41, 5.74) is 2.26. The smallest absolute Gasteiger partial charge is 0.344 e. The van der Waals surface area contributed by atoms with Gasteiger partial charge in [0.25, 0.3) is 0 Å². The normalized spacial score (nSPS) is 10.9. The van der Waals surface area contributed by atoms with Crippen molar-refractivity contribution in [3.8, 4) is 11.5 Å². The zero-order chi connectivity index (χ0) is 24.5. The lowest BCUT2D eigenvalue weighted by molar-refractivity contribution is -0.146. The van der Waals surface area contributed by atoms with Gasteiger partial charge in [-0.1, -0.05) is 52.0 Å². The maximum atomic E-state index is 12.2. The Morgan fingerprint density at radius 3 is 1.41 bits per heavy atom. The van der Waals surface area contributed by atoms with Gasteiger partial charge >= 0.3 is 11.9 Å². The molecular formula is C28H34O6. The van der Waals surface area contributed by atoms with Crippen molar-refractivity contribution in [2.75, 3.05) is 26.4 Å². The van der Waals surface area contributed by atoms with E-state index in [1.165, 1.54) is 0 Å². The van der Waals surface area contributed by atoms with Crippen molar-refractivity contribution in [3.05, 3.63) is 47.5 Å². The summed E-state index contributed by atoms with van der Waals surface area (Å²) in [5, 5.41) is 3.30. The maximum Gasteiger partial charge on any atom is 0.344 e. The first kappa shape index (κ1) is 25.3. The zero-order valence-electron chi connectivity index (χ0n) is 20.6. The van der Waals surface area contributed by atoms with E-state index in [-0.39, 0.29) is 13.2 Å². The second kappa shape index (κ2) is 12.3. The fourth-order valence-electron chi connectivity index (χ4n) is 3.77. The van der Waals surface area contributed by atoms with Crippen LogP contribution in [-0.2, 0) is 31.9 Å². The molecule has 0 radical (unpaired) electrons. The van der Waals surface area contributed by atoms with Gasteiger partial charge in [0, 0.05) is 21.5 Å². The number of hydrogen-bond donors (Lipinski definition) is 0. The van der Waals surface area contributed by atoms with Crippen LogP contribution in [0.15, 0.2) is 36.4 Å². The number of benzene rings is 3. The van der Waals surface area contributed by atoms with E-state index in [9.17, 15) is 9.59 Å². The quantitative estimate of drug-likeness (QED) is 0.249. The van der Waals surface area contributed by atoms with Crippen LogP contribution in [-0.4, -0.2) is 38.4 Å². The Bertz CT molecular complexity index is 1090. The van der Waals surface area contributed by atoms with E-state index >= 15 is 0 Å². The van der Waals surface area contributed by atoms with Crippen LogP contribution in [0.5, 0.6) is 11.5 Å². The molecule has 6 heteroatoms. The van der Waals surface area contributed by atoms with Crippen molar-refractivity contribution < 1.29 is 28.5 Å². The van der Waals surface area contributed by atoms with Gasteiger partial charge in [0.1, 0.15) is 11.5 Å². The number of esters is 2. The van der Waals surface area contributed by atoms with Crippen LogP contribution >= 0.6 is 0 Å². The van der Waals surface area contributed by atoms with Gasteiger partial charge in [-0.25, -0.2) is 9.59 Å². The van der Waals surface area contributed by atoms with Gasteiger partial charge in [-0.3, -0.25) is 0 Å². The number of carbonyl (C=O) groups excluding carboxylic acids is 2. The zero-order valence-corrected chi connectivity index (χ0v) is 20.6. The van der Waals surface area contributed by atoms with E-state index < -0.39 is 11.9 Å². The first-order chi connectivity index (χ1) is 16.5. The Kier molecular flexibility index (Phi) is 9.14. The summed E-state index contributed by atoms with van der Waals surface area (Å²) in [5.74, 6) is 0.410. The molecule has 0 bridgehead atoms.